The number of hydrogen-bond acceptors (Lipinski definition) is 3. The van der Waals surface area contributed by atoms with Crippen LogP contribution < -0.4 is 10.6 Å². The molecule has 0 saturated carbocycles. The third-order valence-corrected chi connectivity index (χ3v) is 3.07. The van der Waals surface area contributed by atoms with Crippen LogP contribution in [-0.2, 0) is 16.1 Å². The third-order valence-electron chi connectivity index (χ3n) is 2.49. The Morgan fingerprint density at radius 3 is 2.79 bits per heavy atom. The van der Waals surface area contributed by atoms with Crippen LogP contribution in [0.2, 0.25) is 10.0 Å². The molecule has 0 aliphatic rings. The zero-order valence-corrected chi connectivity index (χ0v) is 12.4. The number of carbonyl (C=O) groups excluding carboxylic acids is 1. The summed E-state index contributed by atoms with van der Waals surface area (Å²) in [6, 6.07) is 5.37. The van der Waals surface area contributed by atoms with Crippen molar-refractivity contribution in [3.8, 4) is 0 Å². The van der Waals surface area contributed by atoms with E-state index in [0.717, 1.165) is 5.56 Å². The number of carbonyl (C=O) groups is 1. The standard InChI is InChI=1S/C13H18Cl2N2O2/c1-19-7-6-17-13(18)4-5-16-9-10-2-3-11(14)8-12(10)15/h2-3,8,16H,4-7,9H2,1H3,(H,17,18). The van der Waals surface area contributed by atoms with Crippen molar-refractivity contribution in [3.63, 3.8) is 0 Å². The highest BCUT2D eigenvalue weighted by atomic mass is 35.5. The molecule has 19 heavy (non-hydrogen) atoms. The Balaban J connectivity index is 2.18. The van der Waals surface area contributed by atoms with Crippen molar-refractivity contribution in [2.24, 2.45) is 0 Å². The third kappa shape index (κ3) is 6.78. The minimum absolute atomic E-state index is 0.00625. The average Bonchev–Trinajstić information content (AvgIpc) is 2.37. The van der Waals surface area contributed by atoms with Gasteiger partial charge in [0, 0.05) is 43.2 Å². The molecule has 0 bridgehead atoms. The molecule has 0 fully saturated rings. The van der Waals surface area contributed by atoms with Crippen LogP contribution in [0.15, 0.2) is 18.2 Å². The Morgan fingerprint density at radius 1 is 1.32 bits per heavy atom. The molecule has 0 heterocycles. The lowest BCUT2D eigenvalue weighted by Crippen LogP contribution is -2.29. The predicted octanol–water partition coefficient (Wildman–Crippen LogP) is 2.24. The Kier molecular flexibility index (Phi) is 7.82. The first-order chi connectivity index (χ1) is 9.13. The molecule has 0 saturated heterocycles. The van der Waals surface area contributed by atoms with Crippen LogP contribution in [-0.4, -0.2) is 32.7 Å². The van der Waals surface area contributed by atoms with Gasteiger partial charge in [0.25, 0.3) is 0 Å². The van der Waals surface area contributed by atoms with Gasteiger partial charge in [0.2, 0.25) is 5.91 Å². The topological polar surface area (TPSA) is 50.4 Å². The first-order valence-electron chi connectivity index (χ1n) is 6.03. The Bertz CT molecular complexity index is 414. The lowest BCUT2D eigenvalue weighted by molar-refractivity contribution is -0.121. The summed E-state index contributed by atoms with van der Waals surface area (Å²) in [7, 11) is 1.60. The van der Waals surface area contributed by atoms with E-state index < -0.39 is 0 Å². The molecule has 1 amide bonds. The van der Waals surface area contributed by atoms with Crippen LogP contribution in [0.5, 0.6) is 0 Å². The van der Waals surface area contributed by atoms with Crippen molar-refractivity contribution in [2.75, 3.05) is 26.8 Å². The smallest absolute Gasteiger partial charge is 0.221 e. The molecule has 1 aromatic carbocycles. The molecule has 0 aromatic heterocycles. The van der Waals surface area contributed by atoms with Gasteiger partial charge in [-0.15, -0.1) is 0 Å². The Hall–Kier alpha value is -0.810. The molecule has 0 aliphatic carbocycles. The molecular formula is C13H18Cl2N2O2. The van der Waals surface area contributed by atoms with Gasteiger partial charge in [0.05, 0.1) is 6.61 Å². The highest BCUT2D eigenvalue weighted by Gasteiger charge is 2.02. The second-order valence-corrected chi connectivity index (χ2v) is 4.85. The Morgan fingerprint density at radius 2 is 2.11 bits per heavy atom. The van der Waals surface area contributed by atoms with Gasteiger partial charge in [-0.2, -0.15) is 0 Å². The monoisotopic (exact) mass is 304 g/mol. The van der Waals surface area contributed by atoms with Crippen LogP contribution in [0.25, 0.3) is 0 Å². The molecule has 106 valence electrons. The summed E-state index contributed by atoms with van der Waals surface area (Å²) in [4.78, 5) is 11.4. The maximum absolute atomic E-state index is 11.4. The molecule has 0 radical (unpaired) electrons. The van der Waals surface area contributed by atoms with Crippen molar-refractivity contribution >= 4 is 29.1 Å². The van der Waals surface area contributed by atoms with Crippen LogP contribution in [0.3, 0.4) is 0 Å². The average molecular weight is 305 g/mol. The molecule has 0 aliphatic heterocycles. The van der Waals surface area contributed by atoms with Crippen LogP contribution in [0.1, 0.15) is 12.0 Å². The number of nitrogens with one attached hydrogen (secondary N) is 2. The fourth-order valence-electron chi connectivity index (χ4n) is 1.47. The second-order valence-electron chi connectivity index (χ2n) is 4.01. The van der Waals surface area contributed by atoms with E-state index in [-0.39, 0.29) is 5.91 Å². The number of methoxy groups -OCH3 is 1. The lowest BCUT2D eigenvalue weighted by Gasteiger charge is -2.07. The summed E-state index contributed by atoms with van der Waals surface area (Å²) in [5.41, 5.74) is 0.964. The van der Waals surface area contributed by atoms with E-state index in [1.165, 1.54) is 0 Å². The minimum Gasteiger partial charge on any atom is -0.383 e. The first kappa shape index (κ1) is 16.2. The van der Waals surface area contributed by atoms with Crippen LogP contribution >= 0.6 is 23.2 Å². The minimum atomic E-state index is 0.00625. The number of rotatable bonds is 8. The van der Waals surface area contributed by atoms with Gasteiger partial charge in [-0.05, 0) is 17.7 Å². The van der Waals surface area contributed by atoms with E-state index in [0.29, 0.717) is 42.7 Å². The number of ether oxygens (including phenoxy) is 1. The molecular weight excluding hydrogens is 287 g/mol. The largest absolute Gasteiger partial charge is 0.383 e. The number of halogens is 2. The van der Waals surface area contributed by atoms with Gasteiger partial charge in [-0.3, -0.25) is 4.79 Å². The lowest BCUT2D eigenvalue weighted by atomic mass is 10.2. The van der Waals surface area contributed by atoms with E-state index in [9.17, 15) is 4.79 Å². The maximum atomic E-state index is 11.4. The van der Waals surface area contributed by atoms with E-state index >= 15 is 0 Å². The molecule has 1 rings (SSSR count). The maximum Gasteiger partial charge on any atom is 0.221 e. The number of hydrogen-bond donors (Lipinski definition) is 2. The van der Waals surface area contributed by atoms with Crippen LogP contribution in [0, 0.1) is 0 Å². The fourth-order valence-corrected chi connectivity index (χ4v) is 1.95. The molecule has 6 heteroatoms. The Labute approximate surface area is 123 Å². The van der Waals surface area contributed by atoms with Crippen molar-refractivity contribution in [1.82, 2.24) is 10.6 Å². The predicted molar refractivity (Wildman–Crippen MR) is 77.7 cm³/mol. The van der Waals surface area contributed by atoms with Gasteiger partial charge >= 0.3 is 0 Å². The zero-order valence-electron chi connectivity index (χ0n) is 10.8. The summed E-state index contributed by atoms with van der Waals surface area (Å²) in [6.07, 6.45) is 0.426. The molecule has 0 atom stereocenters. The quantitative estimate of drug-likeness (QED) is 0.724. The van der Waals surface area contributed by atoms with E-state index in [4.69, 9.17) is 27.9 Å². The molecule has 0 unspecified atom stereocenters. The van der Waals surface area contributed by atoms with Crippen molar-refractivity contribution in [1.29, 1.82) is 0 Å². The second kappa shape index (κ2) is 9.15. The van der Waals surface area contributed by atoms with Gasteiger partial charge in [0.15, 0.2) is 0 Å². The van der Waals surface area contributed by atoms with E-state index in [2.05, 4.69) is 10.6 Å². The summed E-state index contributed by atoms with van der Waals surface area (Å²) in [5, 5.41) is 7.16. The van der Waals surface area contributed by atoms with E-state index in [1.54, 1.807) is 19.2 Å². The highest BCUT2D eigenvalue weighted by Crippen LogP contribution is 2.20. The highest BCUT2D eigenvalue weighted by molar-refractivity contribution is 6.35. The zero-order chi connectivity index (χ0) is 14.1. The first-order valence-corrected chi connectivity index (χ1v) is 6.79. The number of amides is 1. The number of benzene rings is 1. The summed E-state index contributed by atoms with van der Waals surface area (Å²) < 4.78 is 4.84. The van der Waals surface area contributed by atoms with Crippen molar-refractivity contribution in [2.45, 2.75) is 13.0 Å². The van der Waals surface area contributed by atoms with Gasteiger partial charge in [-0.1, -0.05) is 29.3 Å². The summed E-state index contributed by atoms with van der Waals surface area (Å²) in [5.74, 6) is 0.00625. The molecule has 0 spiro atoms. The van der Waals surface area contributed by atoms with Gasteiger partial charge in [-0.25, -0.2) is 0 Å². The molecule has 1 aromatic rings. The van der Waals surface area contributed by atoms with E-state index in [1.807, 2.05) is 6.07 Å². The fraction of sp³-hybridized carbons (Fsp3) is 0.462. The van der Waals surface area contributed by atoms with Crippen LogP contribution in [0.4, 0.5) is 0 Å². The van der Waals surface area contributed by atoms with Gasteiger partial charge in [0.1, 0.15) is 0 Å². The molecule has 4 nitrogen and oxygen atoms in total. The van der Waals surface area contributed by atoms with Gasteiger partial charge < -0.3 is 15.4 Å². The van der Waals surface area contributed by atoms with Crippen molar-refractivity contribution < 1.29 is 9.53 Å². The molecule has 2 N–H and O–H groups in total. The summed E-state index contributed by atoms with van der Waals surface area (Å²) in [6.45, 7) is 2.27. The van der Waals surface area contributed by atoms with Crippen molar-refractivity contribution in [3.05, 3.63) is 33.8 Å². The normalized spacial score (nSPS) is 10.5. The SMILES string of the molecule is COCCNC(=O)CCNCc1ccc(Cl)cc1Cl. The summed E-state index contributed by atoms with van der Waals surface area (Å²) >= 11 is 11.9.